The smallest absolute Gasteiger partial charge is 0.391 e. The number of rotatable bonds is 31. The number of aliphatic hydroxyl groups excluding tert-OH is 1. The first kappa shape index (κ1) is 88.4. The number of piperazine rings is 3. The number of carbonyl (C=O) groups is 5. The van der Waals surface area contributed by atoms with Gasteiger partial charge in [0.05, 0.1) is 38.8 Å². The van der Waals surface area contributed by atoms with Crippen LogP contribution in [0.4, 0.5) is 24.5 Å². The van der Waals surface area contributed by atoms with Gasteiger partial charge < -0.3 is 40.7 Å². The molecule has 5 aliphatic rings. The van der Waals surface area contributed by atoms with Crippen LogP contribution in [-0.4, -0.2) is 232 Å². The van der Waals surface area contributed by atoms with Crippen LogP contribution < -0.4 is 25.6 Å². The second-order valence-corrected chi connectivity index (χ2v) is 39.2. The van der Waals surface area contributed by atoms with Crippen molar-refractivity contribution in [2.45, 2.75) is 189 Å². The molecule has 5 N–H and O–H groups in total. The number of hydrogen-bond acceptors (Lipinski definition) is 19. The third kappa shape index (κ3) is 23.1. The first-order valence-electron chi connectivity index (χ1n) is 40.1. The Labute approximate surface area is 689 Å². The number of nitrogens with one attached hydrogen (secondary N) is 4. The number of aryl methyl sites for hydroxylation is 1. The molecule has 115 heavy (non-hydrogen) atoms. The van der Waals surface area contributed by atoms with Crippen LogP contribution in [0.3, 0.4) is 0 Å². The number of likely N-dealkylation sites (N-methyl/N-ethyl adjacent to an activating group) is 1. The maximum absolute atomic E-state index is 14.5. The number of thiazole rings is 1. The molecule has 5 amide bonds. The van der Waals surface area contributed by atoms with Gasteiger partial charge in [0.25, 0.3) is 25.8 Å². The fourth-order valence-electron chi connectivity index (χ4n) is 16.4. The van der Waals surface area contributed by atoms with Gasteiger partial charge in [-0.2, -0.15) is 13.2 Å². The van der Waals surface area contributed by atoms with Gasteiger partial charge in [0.2, 0.25) is 23.6 Å². The minimum Gasteiger partial charge on any atom is -0.391 e. The third-order valence-electron chi connectivity index (χ3n) is 23.3. The molecule has 0 radical (unpaired) electrons. The molecule has 8 atom stereocenters. The molecule has 0 bridgehead atoms. The number of amides is 5. The number of sulfonamides is 1. The van der Waals surface area contributed by atoms with Crippen molar-refractivity contribution in [3.63, 3.8) is 0 Å². The van der Waals surface area contributed by atoms with Gasteiger partial charge in [-0.3, -0.25) is 38.7 Å². The number of aliphatic hydroxyl groups is 1. The lowest BCUT2D eigenvalue weighted by atomic mass is 9.71. The molecular formula is C85H112ClF3N12O10S4. The first-order valence-corrected chi connectivity index (χ1v) is 45.3. The quantitative estimate of drug-likeness (QED) is 0.0200. The molecule has 4 saturated heterocycles. The van der Waals surface area contributed by atoms with Crippen molar-refractivity contribution in [2.75, 3.05) is 115 Å². The molecule has 4 fully saturated rings. The fourth-order valence-corrected chi connectivity index (χ4v) is 20.4. The minimum atomic E-state index is -6.12. The number of benzene rings is 5. The molecule has 0 saturated carbocycles. The van der Waals surface area contributed by atoms with E-state index in [1.807, 2.05) is 116 Å². The molecule has 0 spiro atoms. The molecule has 5 aromatic carbocycles. The number of thioether (sulfide) groups is 1. The number of carbonyl (C=O) groups excluding carboxylic acids is 5. The third-order valence-corrected chi connectivity index (χ3v) is 28.6. The summed E-state index contributed by atoms with van der Waals surface area (Å²) >= 11 is 9.43. The van der Waals surface area contributed by atoms with E-state index in [4.69, 9.17) is 11.6 Å². The Kier molecular flexibility index (Phi) is 29.6. The summed E-state index contributed by atoms with van der Waals surface area (Å²) in [6, 6.07) is 32.0. The molecule has 1 aliphatic carbocycles. The number of alkyl halides is 3. The van der Waals surface area contributed by atoms with E-state index in [9.17, 15) is 59.1 Å². The summed E-state index contributed by atoms with van der Waals surface area (Å²) in [6.45, 7) is 25.4. The second kappa shape index (κ2) is 38.5. The van der Waals surface area contributed by atoms with E-state index >= 15 is 0 Å². The molecule has 4 aliphatic heterocycles. The minimum absolute atomic E-state index is 0.0207. The Bertz CT molecular complexity index is 4610. The summed E-state index contributed by atoms with van der Waals surface area (Å²) < 4.78 is 100. The van der Waals surface area contributed by atoms with Crippen molar-refractivity contribution in [3.8, 4) is 10.4 Å². The predicted molar refractivity (Wildman–Crippen MR) is 449 cm³/mol. The Morgan fingerprint density at radius 2 is 1.41 bits per heavy atom. The molecule has 2 unspecified atom stereocenters. The molecule has 1 aromatic heterocycles. The number of hydrogen-bond donors (Lipinski definition) is 5. The number of aromatic nitrogens is 1. The number of unbranched alkanes of at least 4 members (excludes halogenated alkanes) is 3. The van der Waals surface area contributed by atoms with Crippen molar-refractivity contribution < 1.29 is 59.1 Å². The van der Waals surface area contributed by atoms with Crippen molar-refractivity contribution in [1.82, 2.24) is 49.7 Å². The second-order valence-electron chi connectivity index (χ2n) is 33.3. The number of sulfone groups is 1. The van der Waals surface area contributed by atoms with Crippen molar-refractivity contribution in [3.05, 3.63) is 160 Å². The molecule has 624 valence electrons. The summed E-state index contributed by atoms with van der Waals surface area (Å²) in [6.07, 6.45) is 5.79. The predicted octanol–water partition coefficient (Wildman–Crippen LogP) is 12.8. The highest BCUT2D eigenvalue weighted by Crippen LogP contribution is 2.45. The average molecular weight is 1680 g/mol. The van der Waals surface area contributed by atoms with Crippen molar-refractivity contribution >= 4 is 101 Å². The lowest BCUT2D eigenvalue weighted by molar-refractivity contribution is -0.144. The highest BCUT2D eigenvalue weighted by Gasteiger charge is 2.49. The zero-order valence-electron chi connectivity index (χ0n) is 67.4. The Morgan fingerprint density at radius 3 is 2.04 bits per heavy atom. The number of halogens is 4. The first-order chi connectivity index (χ1) is 54.5. The normalized spacial score (nSPS) is 21.4. The van der Waals surface area contributed by atoms with Crippen molar-refractivity contribution in [2.24, 2.45) is 10.8 Å². The van der Waals surface area contributed by atoms with Crippen LogP contribution in [0.1, 0.15) is 152 Å². The molecule has 5 heterocycles. The van der Waals surface area contributed by atoms with E-state index < -0.39 is 82.3 Å². The van der Waals surface area contributed by atoms with Gasteiger partial charge in [-0.15, -0.1) is 23.1 Å². The average Bonchev–Trinajstić information content (AvgIpc) is 1.28. The van der Waals surface area contributed by atoms with Crippen molar-refractivity contribution in [1.29, 1.82) is 0 Å². The Hall–Kier alpha value is -7.45. The summed E-state index contributed by atoms with van der Waals surface area (Å²) in [5, 5.41) is 20.5. The van der Waals surface area contributed by atoms with E-state index in [0.29, 0.717) is 75.2 Å². The Morgan fingerprint density at radius 1 is 0.765 bits per heavy atom. The zero-order valence-corrected chi connectivity index (χ0v) is 71.4. The topological polar surface area (TPSA) is 258 Å². The van der Waals surface area contributed by atoms with Crippen LogP contribution >= 0.6 is 34.7 Å². The standard InChI is InChI=1S/C85H112ClF3N12O10S4/c1-57-50-98(51-58(2)95(57)9)38-36-67(54-112-70-17-13-12-14-18-70)92-73-34-33-71(48-75(73)114(108,109)85(87,88)89)115(110,111)94-80(105)64-27-31-68(32-28-64)99-43-39-96(40-44-99)52-65-49-84(8,37-35-72(65)62-25-29-66(86)30-26-62)55-97-41-45-100(46-42-97)77(104)20-16-11-10-15-19-76(103)93-79(83(5,6)7)82(107)101-53-69(102)47-74(101)81(106)91-59(3)61-21-23-63(24-22-61)78-60(4)90-56-113-78/h12-14,17-18,21-34,48,56-59,67,69,74,79,92,102H,10-11,15-16,19-20,35-47,49-55H2,1-9H3,(H,91,106)(H,93,103)(H,94,105)/t57?,58?,59-,67+,69+,74-,79+,84+/m0/s1. The Balaban J connectivity index is 0.624. The van der Waals surface area contributed by atoms with Crippen LogP contribution in [0.15, 0.2) is 147 Å². The lowest BCUT2D eigenvalue weighted by Gasteiger charge is -2.44. The molecule has 6 aromatic rings. The van der Waals surface area contributed by atoms with E-state index in [-0.39, 0.29) is 66.2 Å². The van der Waals surface area contributed by atoms with Gasteiger partial charge in [0, 0.05) is 156 Å². The van der Waals surface area contributed by atoms with Crippen LogP contribution in [0.5, 0.6) is 0 Å². The van der Waals surface area contributed by atoms with E-state index in [0.717, 1.165) is 134 Å². The highest BCUT2D eigenvalue weighted by molar-refractivity contribution is 7.99. The van der Waals surface area contributed by atoms with Gasteiger partial charge in [0.15, 0.2) is 0 Å². The van der Waals surface area contributed by atoms with Gasteiger partial charge in [-0.05, 0) is 173 Å². The lowest BCUT2D eigenvalue weighted by Crippen LogP contribution is -2.57. The monoisotopic (exact) mass is 1680 g/mol. The van der Waals surface area contributed by atoms with Gasteiger partial charge in [-0.1, -0.05) is 112 Å². The fraction of sp³-hybridized carbons (Fsp3) is 0.529. The zero-order chi connectivity index (χ0) is 82.7. The number of allylic oxidation sites excluding steroid dienone is 1. The summed E-state index contributed by atoms with van der Waals surface area (Å²) in [7, 11) is -8.98. The maximum atomic E-state index is 14.5. The summed E-state index contributed by atoms with van der Waals surface area (Å²) in [4.78, 5) is 88.3. The molecule has 22 nitrogen and oxygen atoms in total. The van der Waals surface area contributed by atoms with E-state index in [2.05, 4.69) is 85.4 Å². The maximum Gasteiger partial charge on any atom is 0.501 e. The van der Waals surface area contributed by atoms with Crippen LogP contribution in [0.2, 0.25) is 5.02 Å². The SMILES string of the molecule is Cc1ncsc1-c1ccc([C@H](C)NC(=O)[C@@H]2C[C@@H](O)CN2C(=O)[C@@H](NC(=O)CCCCCCC(=O)N2CCN(C[C@]3(C)CCC(c4ccc(Cl)cc4)=C(CN4CCN(c5ccc(C(=O)NS(=O)(=O)c6ccc(N[C@H](CCN7CC(C)N(C)C(C)C7)CSc7ccccc7)c(S(=O)(=O)C(F)(F)F)c6)cc5)CC4)C3)CC2)C(C)(C)C)cc1. The summed E-state index contributed by atoms with van der Waals surface area (Å²) in [5.74, 6) is -1.63. The van der Waals surface area contributed by atoms with Crippen LogP contribution in [-0.2, 0) is 39.0 Å². The summed E-state index contributed by atoms with van der Waals surface area (Å²) in [5.41, 5.74) is 2.39. The van der Waals surface area contributed by atoms with E-state index in [1.165, 1.54) is 39.9 Å². The molecular weight excluding hydrogens is 1570 g/mol. The number of β-amino-alcohol motifs (C(OH)–C–C–N with tert-alkyl or cyclic N) is 1. The highest BCUT2D eigenvalue weighted by atomic mass is 35.5. The number of anilines is 2. The van der Waals surface area contributed by atoms with Gasteiger partial charge in [-0.25, -0.2) is 26.5 Å². The largest absolute Gasteiger partial charge is 0.501 e. The van der Waals surface area contributed by atoms with Gasteiger partial charge >= 0.3 is 5.51 Å². The molecule has 30 heteroatoms. The molecule has 11 rings (SSSR count). The van der Waals surface area contributed by atoms with E-state index in [1.54, 1.807) is 23.5 Å². The van der Waals surface area contributed by atoms with Crippen LogP contribution in [0.25, 0.3) is 16.0 Å². The number of nitrogens with zero attached hydrogens (tertiary/aromatic N) is 8. The number of likely N-dealkylation sites (tertiary alicyclic amines) is 1. The van der Waals surface area contributed by atoms with Crippen LogP contribution in [0, 0.1) is 17.8 Å². The van der Waals surface area contributed by atoms with Gasteiger partial charge in [0.1, 0.15) is 17.0 Å².